The van der Waals surface area contributed by atoms with Crippen LogP contribution >= 0.6 is 43.2 Å². The van der Waals surface area contributed by atoms with E-state index in [1.807, 2.05) is 5.92 Å². The first kappa shape index (κ1) is 9.78. The normalized spacial score (nSPS) is 8.83. The zero-order valence-electron chi connectivity index (χ0n) is 5.60. The van der Waals surface area contributed by atoms with Crippen molar-refractivity contribution in [3.05, 3.63) is 19.2 Å². The molecule has 12 heavy (non-hydrogen) atoms. The highest BCUT2D eigenvalue weighted by molar-refractivity contribution is 9.12. The first-order chi connectivity index (χ1) is 5.59. The summed E-state index contributed by atoms with van der Waals surface area (Å²) in [6, 6.07) is 1.77. The van der Waals surface area contributed by atoms with Gasteiger partial charge in [-0.15, -0.1) is 11.3 Å². The van der Waals surface area contributed by atoms with Crippen LogP contribution in [0.4, 0.5) is 0 Å². The molecule has 0 atom stereocenters. The van der Waals surface area contributed by atoms with Gasteiger partial charge in [0, 0.05) is 5.92 Å². The lowest BCUT2D eigenvalue weighted by Gasteiger charge is -1.79. The van der Waals surface area contributed by atoms with Crippen LogP contribution in [0, 0.1) is 11.8 Å². The van der Waals surface area contributed by atoms with Gasteiger partial charge >= 0.3 is 5.97 Å². The molecule has 5 heteroatoms. The highest BCUT2D eigenvalue weighted by Crippen LogP contribution is 2.30. The number of carbonyl (C=O) groups is 1. The Kier molecular flexibility index (Phi) is 3.32. The largest absolute Gasteiger partial charge is 0.472 e. The molecular formula is C7H2Br2O2S. The molecule has 0 saturated carbocycles. The fraction of sp³-hybridized carbons (Fsp3) is 0. The van der Waals surface area contributed by atoms with Gasteiger partial charge in [0.05, 0.1) is 13.1 Å². The molecule has 0 aromatic carbocycles. The van der Waals surface area contributed by atoms with Crippen molar-refractivity contribution >= 4 is 49.2 Å². The Labute approximate surface area is 89.9 Å². The van der Waals surface area contributed by atoms with Crippen LogP contribution in [0.15, 0.2) is 13.6 Å². The molecule has 1 N–H and O–H groups in total. The van der Waals surface area contributed by atoms with Crippen molar-refractivity contribution in [1.29, 1.82) is 0 Å². The summed E-state index contributed by atoms with van der Waals surface area (Å²) < 4.78 is 1.76. The molecule has 62 valence electrons. The van der Waals surface area contributed by atoms with E-state index in [4.69, 9.17) is 5.11 Å². The minimum Gasteiger partial charge on any atom is -0.472 e. The van der Waals surface area contributed by atoms with Gasteiger partial charge in [-0.3, -0.25) is 0 Å². The topological polar surface area (TPSA) is 37.3 Å². The van der Waals surface area contributed by atoms with E-state index in [2.05, 4.69) is 37.8 Å². The molecular weight excluding hydrogens is 308 g/mol. The number of halogens is 2. The molecule has 0 saturated heterocycles. The molecule has 0 fully saturated rings. The van der Waals surface area contributed by atoms with E-state index in [1.165, 1.54) is 11.3 Å². The molecule has 1 aromatic rings. The van der Waals surface area contributed by atoms with Gasteiger partial charge < -0.3 is 5.11 Å². The van der Waals surface area contributed by atoms with E-state index in [0.29, 0.717) is 5.56 Å². The minimum atomic E-state index is -1.12. The summed E-state index contributed by atoms with van der Waals surface area (Å²) in [6.45, 7) is 0. The number of rotatable bonds is 0. The smallest absolute Gasteiger partial charge is 0.382 e. The summed E-state index contributed by atoms with van der Waals surface area (Å²) in [5.74, 6) is 3.43. The Morgan fingerprint density at radius 1 is 1.58 bits per heavy atom. The monoisotopic (exact) mass is 308 g/mol. The van der Waals surface area contributed by atoms with Crippen LogP contribution in [0.1, 0.15) is 5.56 Å². The maximum Gasteiger partial charge on any atom is 0.382 e. The summed E-state index contributed by atoms with van der Waals surface area (Å²) in [7, 11) is 0. The molecule has 1 rings (SSSR count). The molecule has 0 unspecified atom stereocenters. The van der Waals surface area contributed by atoms with Crippen molar-refractivity contribution in [1.82, 2.24) is 0 Å². The van der Waals surface area contributed by atoms with E-state index in [9.17, 15) is 4.79 Å². The number of carboxylic acid groups (broad SMARTS) is 1. The van der Waals surface area contributed by atoms with Crippen LogP contribution in [0.25, 0.3) is 0 Å². The van der Waals surface area contributed by atoms with Gasteiger partial charge in [-0.25, -0.2) is 4.79 Å². The average molecular weight is 310 g/mol. The SMILES string of the molecule is O=C(O)C#Cc1cc(Br)sc1Br. The fourth-order valence-corrected chi connectivity index (χ4v) is 3.22. The third-order valence-corrected chi connectivity index (χ3v) is 3.30. The van der Waals surface area contributed by atoms with Gasteiger partial charge in [-0.1, -0.05) is 5.92 Å². The van der Waals surface area contributed by atoms with Crippen LogP contribution < -0.4 is 0 Å². The summed E-state index contributed by atoms with van der Waals surface area (Å²) in [4.78, 5) is 10.1. The maximum absolute atomic E-state index is 10.1. The lowest BCUT2D eigenvalue weighted by atomic mass is 10.3. The molecule has 2 nitrogen and oxygen atoms in total. The number of carboxylic acids is 1. The molecule has 0 amide bonds. The quantitative estimate of drug-likeness (QED) is 0.748. The van der Waals surface area contributed by atoms with Crippen LogP contribution in [0.3, 0.4) is 0 Å². The number of hydrogen-bond donors (Lipinski definition) is 1. The van der Waals surface area contributed by atoms with Crippen molar-refractivity contribution in [2.24, 2.45) is 0 Å². The molecule has 1 heterocycles. The molecule has 0 aliphatic carbocycles. The summed E-state index contributed by atoms with van der Waals surface area (Å²) in [6.07, 6.45) is 0. The Hall–Kier alpha value is -0.310. The van der Waals surface area contributed by atoms with E-state index >= 15 is 0 Å². The summed E-state index contributed by atoms with van der Waals surface area (Å²) >= 11 is 7.98. The van der Waals surface area contributed by atoms with Crippen molar-refractivity contribution < 1.29 is 9.90 Å². The third-order valence-electron chi connectivity index (χ3n) is 0.961. The molecule has 0 bridgehead atoms. The first-order valence-electron chi connectivity index (χ1n) is 2.79. The van der Waals surface area contributed by atoms with Crippen molar-refractivity contribution in [3.8, 4) is 11.8 Å². The van der Waals surface area contributed by atoms with Crippen LogP contribution in [-0.4, -0.2) is 11.1 Å². The number of thiophene rings is 1. The Morgan fingerprint density at radius 3 is 2.67 bits per heavy atom. The van der Waals surface area contributed by atoms with E-state index in [0.717, 1.165) is 7.57 Å². The molecule has 0 spiro atoms. The average Bonchev–Trinajstić information content (AvgIpc) is 2.26. The zero-order chi connectivity index (χ0) is 9.14. The zero-order valence-corrected chi connectivity index (χ0v) is 9.59. The molecule has 0 aliphatic rings. The van der Waals surface area contributed by atoms with Crippen LogP contribution in [0.5, 0.6) is 0 Å². The molecule has 1 aromatic heterocycles. The first-order valence-corrected chi connectivity index (χ1v) is 5.19. The molecule has 0 radical (unpaired) electrons. The van der Waals surface area contributed by atoms with E-state index < -0.39 is 5.97 Å². The predicted molar refractivity (Wildman–Crippen MR) is 54.2 cm³/mol. The third kappa shape index (κ3) is 2.63. The van der Waals surface area contributed by atoms with Gasteiger partial charge in [-0.2, -0.15) is 0 Å². The number of hydrogen-bond acceptors (Lipinski definition) is 2. The lowest BCUT2D eigenvalue weighted by molar-refractivity contribution is -0.130. The lowest BCUT2D eigenvalue weighted by Crippen LogP contribution is -1.86. The van der Waals surface area contributed by atoms with Gasteiger partial charge in [0.2, 0.25) is 0 Å². The summed E-state index contributed by atoms with van der Waals surface area (Å²) in [5.41, 5.74) is 0.689. The van der Waals surface area contributed by atoms with Crippen LogP contribution in [0.2, 0.25) is 0 Å². The second-order valence-electron chi connectivity index (χ2n) is 1.79. The molecule has 0 aliphatic heterocycles. The van der Waals surface area contributed by atoms with Gasteiger partial charge in [0.15, 0.2) is 0 Å². The highest BCUT2D eigenvalue weighted by atomic mass is 79.9. The summed E-state index contributed by atoms with van der Waals surface area (Å²) in [5, 5.41) is 8.28. The fourth-order valence-electron chi connectivity index (χ4n) is 0.546. The highest BCUT2D eigenvalue weighted by Gasteiger charge is 2.01. The second kappa shape index (κ2) is 4.08. The van der Waals surface area contributed by atoms with E-state index in [-0.39, 0.29) is 0 Å². The standard InChI is InChI=1S/C7H2Br2O2S/c8-5-3-4(7(9)12-5)1-2-6(10)11/h3H,(H,10,11). The Balaban J connectivity index is 2.98. The Morgan fingerprint density at radius 2 is 2.25 bits per heavy atom. The van der Waals surface area contributed by atoms with Crippen molar-refractivity contribution in [2.75, 3.05) is 0 Å². The Bertz CT molecular complexity index is 372. The van der Waals surface area contributed by atoms with Gasteiger partial charge in [0.25, 0.3) is 0 Å². The van der Waals surface area contributed by atoms with Gasteiger partial charge in [-0.05, 0) is 37.9 Å². The van der Waals surface area contributed by atoms with Gasteiger partial charge in [0.1, 0.15) is 0 Å². The maximum atomic E-state index is 10.1. The van der Waals surface area contributed by atoms with Crippen molar-refractivity contribution in [3.63, 3.8) is 0 Å². The number of aliphatic carboxylic acids is 1. The van der Waals surface area contributed by atoms with Crippen LogP contribution in [-0.2, 0) is 4.79 Å². The van der Waals surface area contributed by atoms with Crippen molar-refractivity contribution in [2.45, 2.75) is 0 Å². The minimum absolute atomic E-state index is 0.689. The second-order valence-corrected chi connectivity index (χ2v) is 5.54. The van der Waals surface area contributed by atoms with E-state index in [1.54, 1.807) is 6.07 Å². The predicted octanol–water partition coefficient (Wildman–Crippen LogP) is 2.71.